The summed E-state index contributed by atoms with van der Waals surface area (Å²) in [5.74, 6) is 0.0793. The lowest BCUT2D eigenvalue weighted by Gasteiger charge is -2.41. The summed E-state index contributed by atoms with van der Waals surface area (Å²) in [7, 11) is 1.82. The minimum Gasteiger partial charge on any atom is -0.394 e. The van der Waals surface area contributed by atoms with E-state index in [1.54, 1.807) is 4.90 Å². The first kappa shape index (κ1) is 10.9. The quantitative estimate of drug-likeness (QED) is 0.704. The number of rotatable bonds is 2. The molecule has 1 aliphatic carbocycles. The van der Waals surface area contributed by atoms with Crippen LogP contribution in [0.2, 0.25) is 0 Å². The highest BCUT2D eigenvalue weighted by atomic mass is 16.3. The molecule has 1 atom stereocenters. The van der Waals surface area contributed by atoms with E-state index in [0.717, 1.165) is 13.1 Å². The molecule has 1 heterocycles. The first-order valence-electron chi connectivity index (χ1n) is 5.85. The lowest BCUT2D eigenvalue weighted by atomic mass is 10.1. The van der Waals surface area contributed by atoms with Crippen LogP contribution in [-0.2, 0) is 4.79 Å². The number of carbonyl (C=O) groups is 1. The number of aliphatic hydroxyl groups excluding tert-OH is 1. The molecule has 15 heavy (non-hydrogen) atoms. The van der Waals surface area contributed by atoms with Gasteiger partial charge < -0.3 is 10.0 Å². The first-order chi connectivity index (χ1) is 7.24. The van der Waals surface area contributed by atoms with Crippen molar-refractivity contribution in [3.63, 3.8) is 0 Å². The van der Waals surface area contributed by atoms with Gasteiger partial charge in [-0.15, -0.1) is 0 Å². The third-order valence-electron chi connectivity index (χ3n) is 3.72. The summed E-state index contributed by atoms with van der Waals surface area (Å²) in [5, 5.41) is 9.32. The van der Waals surface area contributed by atoms with Crippen molar-refractivity contribution >= 4 is 5.91 Å². The molecule has 0 aromatic rings. The molecule has 2 aliphatic rings. The fourth-order valence-electron chi connectivity index (χ4n) is 2.78. The summed E-state index contributed by atoms with van der Waals surface area (Å²) in [4.78, 5) is 15.8. The maximum atomic E-state index is 11.8. The van der Waals surface area contributed by atoms with Gasteiger partial charge in [0, 0.05) is 26.2 Å². The second kappa shape index (κ2) is 4.49. The van der Waals surface area contributed by atoms with Gasteiger partial charge in [0.05, 0.1) is 6.61 Å². The summed E-state index contributed by atoms with van der Waals surface area (Å²) in [6.45, 7) is 1.67. The number of hydrogen-bond donors (Lipinski definition) is 1. The lowest BCUT2D eigenvalue weighted by Crippen LogP contribution is -2.59. The van der Waals surface area contributed by atoms with Crippen LogP contribution in [0.4, 0.5) is 0 Å². The van der Waals surface area contributed by atoms with E-state index in [1.165, 1.54) is 25.7 Å². The van der Waals surface area contributed by atoms with Crippen molar-refractivity contribution in [1.29, 1.82) is 0 Å². The topological polar surface area (TPSA) is 43.8 Å². The number of amides is 1. The summed E-state index contributed by atoms with van der Waals surface area (Å²) >= 11 is 0. The first-order valence-corrected chi connectivity index (χ1v) is 5.85. The molecule has 1 N–H and O–H groups in total. The zero-order valence-electron chi connectivity index (χ0n) is 9.35. The highest BCUT2D eigenvalue weighted by molar-refractivity contribution is 5.82. The Kier molecular flexibility index (Phi) is 3.26. The Balaban J connectivity index is 2.06. The van der Waals surface area contributed by atoms with E-state index in [2.05, 4.69) is 4.90 Å². The fraction of sp³-hybridized carbons (Fsp3) is 0.909. The van der Waals surface area contributed by atoms with Gasteiger partial charge in [0.1, 0.15) is 6.04 Å². The summed E-state index contributed by atoms with van der Waals surface area (Å²) in [5.41, 5.74) is 0. The lowest BCUT2D eigenvalue weighted by molar-refractivity contribution is -0.143. The summed E-state index contributed by atoms with van der Waals surface area (Å²) in [6.07, 6.45) is 4.91. The van der Waals surface area contributed by atoms with Crippen LogP contribution in [-0.4, -0.2) is 59.6 Å². The van der Waals surface area contributed by atoms with Crippen LogP contribution in [0, 0.1) is 0 Å². The predicted octanol–water partition coefficient (Wildman–Crippen LogP) is 0.0639. The Morgan fingerprint density at radius 3 is 2.60 bits per heavy atom. The zero-order valence-corrected chi connectivity index (χ0v) is 9.35. The monoisotopic (exact) mass is 212 g/mol. The third-order valence-corrected chi connectivity index (χ3v) is 3.72. The van der Waals surface area contributed by atoms with Gasteiger partial charge in [-0.05, 0) is 12.8 Å². The molecular formula is C11H20N2O2. The van der Waals surface area contributed by atoms with E-state index in [9.17, 15) is 9.90 Å². The van der Waals surface area contributed by atoms with Gasteiger partial charge in [-0.2, -0.15) is 0 Å². The van der Waals surface area contributed by atoms with Crippen molar-refractivity contribution < 1.29 is 9.90 Å². The van der Waals surface area contributed by atoms with Crippen LogP contribution in [0.5, 0.6) is 0 Å². The van der Waals surface area contributed by atoms with Gasteiger partial charge in [-0.1, -0.05) is 12.8 Å². The van der Waals surface area contributed by atoms with Crippen LogP contribution in [0.1, 0.15) is 25.7 Å². The molecule has 0 aromatic heterocycles. The Morgan fingerprint density at radius 1 is 1.33 bits per heavy atom. The van der Waals surface area contributed by atoms with Crippen LogP contribution < -0.4 is 0 Å². The van der Waals surface area contributed by atoms with Gasteiger partial charge in [-0.25, -0.2) is 0 Å². The summed E-state index contributed by atoms with van der Waals surface area (Å²) < 4.78 is 0. The molecule has 1 saturated carbocycles. The number of hydrogen-bond acceptors (Lipinski definition) is 3. The van der Waals surface area contributed by atoms with E-state index in [1.807, 2.05) is 7.05 Å². The van der Waals surface area contributed by atoms with Gasteiger partial charge in [0.15, 0.2) is 0 Å². The molecule has 1 unspecified atom stereocenters. The minimum atomic E-state index is -0.285. The normalized spacial score (nSPS) is 30.1. The van der Waals surface area contributed by atoms with Crippen molar-refractivity contribution in [3.05, 3.63) is 0 Å². The van der Waals surface area contributed by atoms with Crippen molar-refractivity contribution in [2.75, 3.05) is 26.7 Å². The molecule has 4 heteroatoms. The smallest absolute Gasteiger partial charge is 0.242 e. The molecule has 0 spiro atoms. The molecular weight excluding hydrogens is 192 g/mol. The Hall–Kier alpha value is -0.610. The van der Waals surface area contributed by atoms with Gasteiger partial charge in [0.25, 0.3) is 0 Å². The zero-order chi connectivity index (χ0) is 10.8. The van der Waals surface area contributed by atoms with E-state index in [4.69, 9.17) is 0 Å². The molecule has 0 radical (unpaired) electrons. The van der Waals surface area contributed by atoms with E-state index in [-0.39, 0.29) is 18.6 Å². The molecule has 1 amide bonds. The van der Waals surface area contributed by atoms with Crippen molar-refractivity contribution in [3.8, 4) is 0 Å². The number of piperazine rings is 1. The molecule has 0 aromatic carbocycles. The van der Waals surface area contributed by atoms with Crippen LogP contribution in [0.15, 0.2) is 0 Å². The summed E-state index contributed by atoms with van der Waals surface area (Å²) in [6, 6.07) is 0.242. The van der Waals surface area contributed by atoms with E-state index < -0.39 is 0 Å². The third kappa shape index (κ3) is 2.01. The van der Waals surface area contributed by atoms with E-state index >= 15 is 0 Å². The highest BCUT2D eigenvalue weighted by Gasteiger charge is 2.37. The average molecular weight is 212 g/mol. The molecule has 1 saturated heterocycles. The standard InChI is InChI=1S/C11H20N2O2/c1-12-6-7-13(9-4-2-3-5-9)10(8-14)11(12)15/h9-10,14H,2-8H2,1H3. The maximum absolute atomic E-state index is 11.8. The number of likely N-dealkylation sites (N-methyl/N-ethyl adjacent to an activating group) is 1. The number of aliphatic hydroxyl groups is 1. The fourth-order valence-corrected chi connectivity index (χ4v) is 2.78. The van der Waals surface area contributed by atoms with Gasteiger partial charge >= 0.3 is 0 Å². The molecule has 86 valence electrons. The van der Waals surface area contributed by atoms with E-state index in [0.29, 0.717) is 6.04 Å². The minimum absolute atomic E-state index is 0.0420. The SMILES string of the molecule is CN1CCN(C2CCCC2)C(CO)C1=O. The van der Waals surface area contributed by atoms with Crippen molar-refractivity contribution in [1.82, 2.24) is 9.80 Å². The second-order valence-corrected chi connectivity index (χ2v) is 4.63. The molecule has 2 rings (SSSR count). The van der Waals surface area contributed by atoms with Crippen molar-refractivity contribution in [2.24, 2.45) is 0 Å². The second-order valence-electron chi connectivity index (χ2n) is 4.63. The predicted molar refractivity (Wildman–Crippen MR) is 57.5 cm³/mol. The molecule has 4 nitrogen and oxygen atoms in total. The Bertz CT molecular complexity index is 239. The molecule has 0 bridgehead atoms. The maximum Gasteiger partial charge on any atom is 0.242 e. The number of carbonyl (C=O) groups excluding carboxylic acids is 1. The molecule has 1 aliphatic heterocycles. The Labute approximate surface area is 90.9 Å². The van der Waals surface area contributed by atoms with Gasteiger partial charge in [0.2, 0.25) is 5.91 Å². The van der Waals surface area contributed by atoms with Crippen LogP contribution in [0.25, 0.3) is 0 Å². The number of nitrogens with zero attached hydrogens (tertiary/aromatic N) is 2. The van der Waals surface area contributed by atoms with Crippen LogP contribution >= 0.6 is 0 Å². The van der Waals surface area contributed by atoms with Gasteiger partial charge in [-0.3, -0.25) is 9.69 Å². The molecule has 2 fully saturated rings. The largest absolute Gasteiger partial charge is 0.394 e. The van der Waals surface area contributed by atoms with Crippen LogP contribution in [0.3, 0.4) is 0 Å². The van der Waals surface area contributed by atoms with Crippen molar-refractivity contribution in [2.45, 2.75) is 37.8 Å². The average Bonchev–Trinajstić information content (AvgIpc) is 2.75. The Morgan fingerprint density at radius 2 is 2.00 bits per heavy atom. The highest BCUT2D eigenvalue weighted by Crippen LogP contribution is 2.26.